The van der Waals surface area contributed by atoms with Crippen molar-refractivity contribution in [3.05, 3.63) is 29.8 Å². The monoisotopic (exact) mass is 191 g/mol. The molecule has 0 saturated heterocycles. The smallest absolute Gasteiger partial charge is 0.170 e. The van der Waals surface area contributed by atoms with Crippen LogP contribution in [0.25, 0.3) is 10.6 Å². The summed E-state index contributed by atoms with van der Waals surface area (Å²) in [6.07, 6.45) is 5.40. The average molecular weight is 191 g/mol. The van der Waals surface area contributed by atoms with Gasteiger partial charge in [-0.1, -0.05) is 0 Å². The van der Waals surface area contributed by atoms with E-state index in [0.29, 0.717) is 12.0 Å². The van der Waals surface area contributed by atoms with Gasteiger partial charge in [0, 0.05) is 6.20 Å². The van der Waals surface area contributed by atoms with Gasteiger partial charge in [-0.15, -0.1) is 11.3 Å². The highest BCUT2D eigenvalue weighted by atomic mass is 32.1. The van der Waals surface area contributed by atoms with Crippen molar-refractivity contribution in [1.82, 2.24) is 15.0 Å². The molecule has 0 aliphatic heterocycles. The Balaban J connectivity index is 2.38. The Labute approximate surface area is 78.3 Å². The number of aldehydes is 1. The third-order valence-corrected chi connectivity index (χ3v) is 2.27. The van der Waals surface area contributed by atoms with Gasteiger partial charge < -0.3 is 0 Å². The lowest BCUT2D eigenvalue weighted by molar-refractivity contribution is 0.111. The van der Waals surface area contributed by atoms with E-state index >= 15 is 0 Å². The summed E-state index contributed by atoms with van der Waals surface area (Å²) in [5.41, 5.74) is 2.81. The van der Waals surface area contributed by atoms with Crippen molar-refractivity contribution in [2.75, 3.05) is 0 Å². The molecule has 0 aliphatic rings. The molecule has 0 aromatic carbocycles. The SMILES string of the molecule is O=Cc1cnc(-c2cncs2)cn1. The van der Waals surface area contributed by atoms with Gasteiger partial charge in [0.05, 0.1) is 22.8 Å². The van der Waals surface area contributed by atoms with Gasteiger partial charge in [-0.25, -0.2) is 4.98 Å². The van der Waals surface area contributed by atoms with Crippen LogP contribution in [0.3, 0.4) is 0 Å². The Morgan fingerprint density at radius 2 is 2.15 bits per heavy atom. The maximum Gasteiger partial charge on any atom is 0.170 e. The van der Waals surface area contributed by atoms with Crippen LogP contribution in [0.1, 0.15) is 10.5 Å². The van der Waals surface area contributed by atoms with E-state index in [0.717, 1.165) is 10.6 Å². The molecule has 0 saturated carbocycles. The Kier molecular flexibility index (Phi) is 2.09. The molecule has 0 bridgehead atoms. The van der Waals surface area contributed by atoms with E-state index in [4.69, 9.17) is 0 Å². The van der Waals surface area contributed by atoms with Crippen LogP contribution in [0, 0.1) is 0 Å². The molecule has 5 heteroatoms. The second-order valence-electron chi connectivity index (χ2n) is 2.31. The Morgan fingerprint density at radius 3 is 2.69 bits per heavy atom. The topological polar surface area (TPSA) is 55.7 Å². The van der Waals surface area contributed by atoms with Crippen molar-refractivity contribution < 1.29 is 4.79 Å². The summed E-state index contributed by atoms with van der Waals surface area (Å²) in [6.45, 7) is 0. The Morgan fingerprint density at radius 1 is 1.23 bits per heavy atom. The molecule has 2 aromatic rings. The van der Waals surface area contributed by atoms with E-state index in [-0.39, 0.29) is 0 Å². The number of carbonyl (C=O) groups excluding carboxylic acids is 1. The standard InChI is InChI=1S/C8H5N3OS/c12-4-6-1-11-7(2-10-6)8-3-9-5-13-8/h1-5H. The maximum atomic E-state index is 10.3. The second kappa shape index (κ2) is 3.40. The minimum Gasteiger partial charge on any atom is -0.296 e. The van der Waals surface area contributed by atoms with Gasteiger partial charge in [0.1, 0.15) is 11.4 Å². The summed E-state index contributed by atoms with van der Waals surface area (Å²) in [6, 6.07) is 0. The summed E-state index contributed by atoms with van der Waals surface area (Å²) in [5, 5.41) is 0. The van der Waals surface area contributed by atoms with Crippen molar-refractivity contribution in [3.8, 4) is 10.6 Å². The van der Waals surface area contributed by atoms with Crippen LogP contribution in [0.2, 0.25) is 0 Å². The van der Waals surface area contributed by atoms with Crippen LogP contribution < -0.4 is 0 Å². The van der Waals surface area contributed by atoms with Gasteiger partial charge in [0.25, 0.3) is 0 Å². The first-order chi connectivity index (χ1) is 6.40. The van der Waals surface area contributed by atoms with E-state index in [2.05, 4.69) is 15.0 Å². The minimum atomic E-state index is 0.341. The number of thiazole rings is 1. The fourth-order valence-corrected chi connectivity index (χ4v) is 1.45. The molecule has 0 radical (unpaired) electrons. The quantitative estimate of drug-likeness (QED) is 0.673. The zero-order valence-electron chi connectivity index (χ0n) is 6.54. The predicted molar refractivity (Wildman–Crippen MR) is 48.5 cm³/mol. The molecule has 0 aliphatic carbocycles. The van der Waals surface area contributed by atoms with E-state index in [1.54, 1.807) is 17.9 Å². The van der Waals surface area contributed by atoms with Crippen molar-refractivity contribution >= 4 is 17.6 Å². The lowest BCUT2D eigenvalue weighted by Crippen LogP contribution is -1.89. The molecule has 0 unspecified atom stereocenters. The van der Waals surface area contributed by atoms with Crippen LogP contribution in [0.4, 0.5) is 0 Å². The molecule has 2 aromatic heterocycles. The molecule has 0 spiro atoms. The highest BCUT2D eigenvalue weighted by molar-refractivity contribution is 7.13. The molecule has 2 heterocycles. The van der Waals surface area contributed by atoms with Gasteiger partial charge in [-0.2, -0.15) is 0 Å². The molecule has 0 fully saturated rings. The first-order valence-electron chi connectivity index (χ1n) is 3.56. The second-order valence-corrected chi connectivity index (χ2v) is 3.20. The Bertz CT molecular complexity index is 396. The summed E-state index contributed by atoms with van der Waals surface area (Å²) in [7, 11) is 0. The zero-order chi connectivity index (χ0) is 9.10. The van der Waals surface area contributed by atoms with Crippen LogP contribution in [0.15, 0.2) is 24.1 Å². The highest BCUT2D eigenvalue weighted by Gasteiger charge is 2.00. The normalized spacial score (nSPS) is 9.85. The first kappa shape index (κ1) is 8.00. The number of rotatable bonds is 2. The van der Waals surface area contributed by atoms with Gasteiger partial charge >= 0.3 is 0 Å². The van der Waals surface area contributed by atoms with E-state index in [9.17, 15) is 4.79 Å². The molecule has 0 amide bonds. The van der Waals surface area contributed by atoms with E-state index < -0.39 is 0 Å². The van der Waals surface area contributed by atoms with Gasteiger partial charge in [-0.05, 0) is 0 Å². The van der Waals surface area contributed by atoms with Crippen LogP contribution in [-0.2, 0) is 0 Å². The van der Waals surface area contributed by atoms with E-state index in [1.807, 2.05) is 0 Å². The van der Waals surface area contributed by atoms with Crippen LogP contribution >= 0.6 is 11.3 Å². The minimum absolute atomic E-state index is 0.341. The van der Waals surface area contributed by atoms with Crippen molar-refractivity contribution in [1.29, 1.82) is 0 Å². The number of nitrogens with zero attached hydrogens (tertiary/aromatic N) is 3. The fourth-order valence-electron chi connectivity index (χ4n) is 0.868. The summed E-state index contributed by atoms with van der Waals surface area (Å²) >= 11 is 1.49. The van der Waals surface area contributed by atoms with Crippen LogP contribution in [0.5, 0.6) is 0 Å². The summed E-state index contributed by atoms with van der Waals surface area (Å²) < 4.78 is 0. The zero-order valence-corrected chi connectivity index (χ0v) is 7.36. The van der Waals surface area contributed by atoms with Gasteiger partial charge in [0.15, 0.2) is 6.29 Å². The fraction of sp³-hybridized carbons (Fsp3) is 0. The number of carbonyl (C=O) groups is 1. The molecule has 2 rings (SSSR count). The molecule has 4 nitrogen and oxygen atoms in total. The van der Waals surface area contributed by atoms with Crippen molar-refractivity contribution in [3.63, 3.8) is 0 Å². The third kappa shape index (κ3) is 1.59. The molecule has 0 N–H and O–H groups in total. The van der Waals surface area contributed by atoms with E-state index in [1.165, 1.54) is 17.5 Å². The number of aromatic nitrogens is 3. The first-order valence-corrected chi connectivity index (χ1v) is 4.44. The lowest BCUT2D eigenvalue weighted by Gasteiger charge is -1.93. The van der Waals surface area contributed by atoms with Crippen molar-refractivity contribution in [2.45, 2.75) is 0 Å². The third-order valence-electron chi connectivity index (χ3n) is 1.48. The molecular weight excluding hydrogens is 186 g/mol. The maximum absolute atomic E-state index is 10.3. The molecule has 64 valence electrons. The lowest BCUT2D eigenvalue weighted by atomic mass is 10.4. The molecule has 0 atom stereocenters. The number of hydrogen-bond donors (Lipinski definition) is 0. The Hall–Kier alpha value is -1.62. The summed E-state index contributed by atoms with van der Waals surface area (Å²) in [4.78, 5) is 23.1. The largest absolute Gasteiger partial charge is 0.296 e. The molecule has 13 heavy (non-hydrogen) atoms. The van der Waals surface area contributed by atoms with Crippen LogP contribution in [-0.4, -0.2) is 21.2 Å². The predicted octanol–water partition coefficient (Wildman–Crippen LogP) is 1.41. The van der Waals surface area contributed by atoms with Gasteiger partial charge in [-0.3, -0.25) is 14.8 Å². The highest BCUT2D eigenvalue weighted by Crippen LogP contribution is 2.19. The number of hydrogen-bond acceptors (Lipinski definition) is 5. The average Bonchev–Trinajstić information content (AvgIpc) is 2.71. The summed E-state index contributed by atoms with van der Waals surface area (Å²) in [5.74, 6) is 0. The van der Waals surface area contributed by atoms with Crippen molar-refractivity contribution in [2.24, 2.45) is 0 Å². The molecular formula is C8H5N3OS. The van der Waals surface area contributed by atoms with Gasteiger partial charge in [0.2, 0.25) is 0 Å².